The highest BCUT2D eigenvalue weighted by molar-refractivity contribution is 5.25. The second-order valence-electron chi connectivity index (χ2n) is 5.22. The van der Waals surface area contributed by atoms with Gasteiger partial charge in [0.15, 0.2) is 6.33 Å². The van der Waals surface area contributed by atoms with Gasteiger partial charge in [0.1, 0.15) is 6.04 Å². The molecule has 1 aliphatic rings. The molecule has 5 heteroatoms. The molecule has 0 aliphatic carbocycles. The highest BCUT2D eigenvalue weighted by Crippen LogP contribution is 2.29. The predicted molar refractivity (Wildman–Crippen MR) is 72.7 cm³/mol. The van der Waals surface area contributed by atoms with Gasteiger partial charge in [-0.2, -0.15) is 4.80 Å². The Morgan fingerprint density at radius 2 is 2.16 bits per heavy atom. The first-order chi connectivity index (χ1) is 9.34. The van der Waals surface area contributed by atoms with E-state index in [1.54, 1.807) is 4.80 Å². The van der Waals surface area contributed by atoms with Gasteiger partial charge in [0.2, 0.25) is 0 Å². The predicted octanol–water partition coefficient (Wildman–Crippen LogP) is 1.57. The number of nitrogens with one attached hydrogen (secondary N) is 1. The average molecular weight is 257 g/mol. The van der Waals surface area contributed by atoms with Crippen LogP contribution in [0.5, 0.6) is 0 Å². The lowest BCUT2D eigenvalue weighted by atomic mass is 9.87. The van der Waals surface area contributed by atoms with Crippen molar-refractivity contribution in [1.82, 2.24) is 25.5 Å². The van der Waals surface area contributed by atoms with E-state index in [9.17, 15) is 0 Å². The summed E-state index contributed by atoms with van der Waals surface area (Å²) in [7, 11) is 0. The molecule has 1 fully saturated rings. The molecule has 1 N–H and O–H groups in total. The van der Waals surface area contributed by atoms with Crippen LogP contribution in [0.2, 0.25) is 0 Å². The molecule has 0 radical (unpaired) electrons. The van der Waals surface area contributed by atoms with Crippen molar-refractivity contribution in [3.63, 3.8) is 0 Å². The van der Waals surface area contributed by atoms with Crippen LogP contribution in [0.3, 0.4) is 0 Å². The van der Waals surface area contributed by atoms with Crippen molar-refractivity contribution in [3.8, 4) is 0 Å². The Labute approximate surface area is 113 Å². The van der Waals surface area contributed by atoms with Crippen LogP contribution in [0.25, 0.3) is 0 Å². The molecule has 100 valence electrons. The smallest absolute Gasteiger partial charge is 0.162 e. The Bertz CT molecular complexity index is 499. The van der Waals surface area contributed by atoms with Crippen LogP contribution in [0, 0.1) is 12.8 Å². The van der Waals surface area contributed by atoms with Gasteiger partial charge in [-0.3, -0.25) is 0 Å². The molecule has 0 unspecified atom stereocenters. The fourth-order valence-electron chi connectivity index (χ4n) is 2.81. The summed E-state index contributed by atoms with van der Waals surface area (Å²) in [6.45, 7) is 4.23. The standard InChI is InChI=1S/C14H19N5/c1-11-4-6-12(7-5-11)14(19-17-10-16-18-19)13-3-2-8-15-9-13/h4-7,10,13-15H,2-3,8-9H2,1H3/t13-,14-/m0/s1. The molecule has 2 atom stereocenters. The molecule has 0 amide bonds. The van der Waals surface area contributed by atoms with Crippen molar-refractivity contribution in [2.45, 2.75) is 25.8 Å². The molecule has 1 saturated heterocycles. The van der Waals surface area contributed by atoms with E-state index in [-0.39, 0.29) is 6.04 Å². The lowest BCUT2D eigenvalue weighted by Crippen LogP contribution is -2.36. The summed E-state index contributed by atoms with van der Waals surface area (Å²) in [5.74, 6) is 0.519. The summed E-state index contributed by atoms with van der Waals surface area (Å²) >= 11 is 0. The molecule has 1 aromatic carbocycles. The fraction of sp³-hybridized carbons (Fsp3) is 0.500. The van der Waals surface area contributed by atoms with Gasteiger partial charge in [0, 0.05) is 6.54 Å². The van der Waals surface area contributed by atoms with Crippen LogP contribution in [-0.4, -0.2) is 33.3 Å². The van der Waals surface area contributed by atoms with Gasteiger partial charge in [-0.05, 0) is 43.0 Å². The summed E-state index contributed by atoms with van der Waals surface area (Å²) in [6, 6.07) is 8.83. The molecular formula is C14H19N5. The lowest BCUT2D eigenvalue weighted by molar-refractivity contribution is 0.261. The van der Waals surface area contributed by atoms with E-state index in [0.29, 0.717) is 5.92 Å². The van der Waals surface area contributed by atoms with E-state index < -0.39 is 0 Å². The minimum absolute atomic E-state index is 0.177. The number of benzene rings is 1. The molecule has 0 saturated carbocycles. The van der Waals surface area contributed by atoms with E-state index in [0.717, 1.165) is 13.1 Å². The summed E-state index contributed by atoms with van der Waals surface area (Å²) < 4.78 is 0. The number of piperidine rings is 1. The number of hydrogen-bond acceptors (Lipinski definition) is 4. The van der Waals surface area contributed by atoms with Crippen LogP contribution in [0.1, 0.15) is 30.0 Å². The second kappa shape index (κ2) is 5.48. The van der Waals surface area contributed by atoms with Crippen molar-refractivity contribution >= 4 is 0 Å². The third-order valence-corrected chi connectivity index (χ3v) is 3.81. The third-order valence-electron chi connectivity index (χ3n) is 3.81. The molecule has 2 aromatic rings. The quantitative estimate of drug-likeness (QED) is 0.907. The maximum Gasteiger partial charge on any atom is 0.162 e. The molecular weight excluding hydrogens is 238 g/mol. The van der Waals surface area contributed by atoms with Crippen molar-refractivity contribution in [3.05, 3.63) is 41.7 Å². The van der Waals surface area contributed by atoms with Gasteiger partial charge in [0.25, 0.3) is 0 Å². The van der Waals surface area contributed by atoms with Crippen LogP contribution in [0.15, 0.2) is 30.6 Å². The van der Waals surface area contributed by atoms with E-state index in [1.807, 2.05) is 0 Å². The van der Waals surface area contributed by atoms with Crippen LogP contribution in [-0.2, 0) is 0 Å². The van der Waals surface area contributed by atoms with Gasteiger partial charge in [-0.25, -0.2) is 0 Å². The zero-order valence-corrected chi connectivity index (χ0v) is 11.2. The van der Waals surface area contributed by atoms with Gasteiger partial charge in [-0.15, -0.1) is 10.2 Å². The number of hydrogen-bond donors (Lipinski definition) is 1. The molecule has 1 aliphatic heterocycles. The number of aromatic nitrogens is 4. The Kier molecular flexibility index (Phi) is 3.55. The highest BCUT2D eigenvalue weighted by Gasteiger charge is 2.28. The topological polar surface area (TPSA) is 55.6 Å². The average Bonchev–Trinajstić information content (AvgIpc) is 2.96. The van der Waals surface area contributed by atoms with Gasteiger partial charge in [-0.1, -0.05) is 29.8 Å². The van der Waals surface area contributed by atoms with E-state index in [2.05, 4.69) is 51.9 Å². The maximum absolute atomic E-state index is 4.26. The first-order valence-electron chi connectivity index (χ1n) is 6.84. The summed E-state index contributed by atoms with van der Waals surface area (Å²) in [5, 5.41) is 15.7. The van der Waals surface area contributed by atoms with E-state index in [1.165, 1.54) is 30.3 Å². The normalized spacial score (nSPS) is 21.2. The SMILES string of the molecule is Cc1ccc([C@@H]([C@H]2CCCNC2)n2ncnn2)cc1. The maximum atomic E-state index is 4.26. The number of rotatable bonds is 3. The minimum Gasteiger partial charge on any atom is -0.316 e. The number of tetrazole rings is 1. The van der Waals surface area contributed by atoms with Crippen LogP contribution < -0.4 is 5.32 Å². The van der Waals surface area contributed by atoms with E-state index >= 15 is 0 Å². The van der Waals surface area contributed by atoms with Gasteiger partial charge >= 0.3 is 0 Å². The van der Waals surface area contributed by atoms with Gasteiger partial charge in [0.05, 0.1) is 0 Å². The van der Waals surface area contributed by atoms with Crippen LogP contribution >= 0.6 is 0 Å². The van der Waals surface area contributed by atoms with Crippen molar-refractivity contribution in [2.75, 3.05) is 13.1 Å². The van der Waals surface area contributed by atoms with Crippen LogP contribution in [0.4, 0.5) is 0 Å². The molecule has 5 nitrogen and oxygen atoms in total. The summed E-state index contributed by atoms with van der Waals surface area (Å²) in [4.78, 5) is 1.75. The van der Waals surface area contributed by atoms with Crippen molar-refractivity contribution in [1.29, 1.82) is 0 Å². The second-order valence-corrected chi connectivity index (χ2v) is 5.22. The zero-order valence-electron chi connectivity index (χ0n) is 11.2. The molecule has 1 aromatic heterocycles. The summed E-state index contributed by atoms with van der Waals surface area (Å²) in [6.07, 6.45) is 3.92. The monoisotopic (exact) mass is 257 g/mol. The van der Waals surface area contributed by atoms with Crippen molar-refractivity contribution in [2.24, 2.45) is 5.92 Å². The Hall–Kier alpha value is -1.75. The Morgan fingerprint density at radius 1 is 1.32 bits per heavy atom. The Morgan fingerprint density at radius 3 is 2.79 bits per heavy atom. The first-order valence-corrected chi connectivity index (χ1v) is 6.84. The molecule has 0 bridgehead atoms. The number of nitrogens with zero attached hydrogens (tertiary/aromatic N) is 4. The Balaban J connectivity index is 1.93. The molecule has 2 heterocycles. The molecule has 19 heavy (non-hydrogen) atoms. The van der Waals surface area contributed by atoms with E-state index in [4.69, 9.17) is 0 Å². The summed E-state index contributed by atoms with van der Waals surface area (Å²) in [5.41, 5.74) is 2.54. The zero-order chi connectivity index (χ0) is 13.1. The highest BCUT2D eigenvalue weighted by atomic mass is 15.6. The first kappa shape index (κ1) is 12.3. The number of aryl methyl sites for hydroxylation is 1. The van der Waals surface area contributed by atoms with Crippen molar-refractivity contribution < 1.29 is 0 Å². The molecule has 0 spiro atoms. The molecule has 3 rings (SSSR count). The lowest BCUT2D eigenvalue weighted by Gasteiger charge is -2.30. The minimum atomic E-state index is 0.177. The fourth-order valence-corrected chi connectivity index (χ4v) is 2.81. The largest absolute Gasteiger partial charge is 0.316 e. The van der Waals surface area contributed by atoms with Gasteiger partial charge < -0.3 is 5.32 Å². The third kappa shape index (κ3) is 2.66.